The van der Waals surface area contributed by atoms with Crippen LogP contribution in [0, 0.1) is 6.92 Å². The Morgan fingerprint density at radius 1 is 1.14 bits per heavy atom. The van der Waals surface area contributed by atoms with Crippen molar-refractivity contribution in [3.8, 4) is 0 Å². The van der Waals surface area contributed by atoms with Gasteiger partial charge in [0.2, 0.25) is 11.8 Å². The van der Waals surface area contributed by atoms with E-state index in [1.54, 1.807) is 12.1 Å². The molecule has 2 aromatic rings. The van der Waals surface area contributed by atoms with Crippen molar-refractivity contribution < 1.29 is 9.59 Å². The van der Waals surface area contributed by atoms with Crippen molar-refractivity contribution in [2.45, 2.75) is 26.8 Å². The second-order valence-electron chi connectivity index (χ2n) is 7.14. The van der Waals surface area contributed by atoms with Crippen molar-refractivity contribution in [2.75, 3.05) is 31.5 Å². The summed E-state index contributed by atoms with van der Waals surface area (Å²) in [5.74, 6) is -0.0907. The van der Waals surface area contributed by atoms with Gasteiger partial charge in [-0.2, -0.15) is 0 Å². The predicted molar refractivity (Wildman–Crippen MR) is 112 cm³/mol. The molecule has 0 atom stereocenters. The summed E-state index contributed by atoms with van der Waals surface area (Å²) in [6.45, 7) is 6.26. The van der Waals surface area contributed by atoms with Gasteiger partial charge in [0.15, 0.2) is 0 Å². The van der Waals surface area contributed by atoms with Crippen LogP contribution in [0.2, 0.25) is 5.02 Å². The first-order valence-corrected chi connectivity index (χ1v) is 9.97. The molecule has 1 aliphatic rings. The number of nitrogens with zero attached hydrogens (tertiary/aromatic N) is 2. The number of nitrogens with one attached hydrogen (secondary N) is 1. The van der Waals surface area contributed by atoms with Gasteiger partial charge >= 0.3 is 0 Å². The smallest absolute Gasteiger partial charge is 0.238 e. The lowest BCUT2D eigenvalue weighted by atomic mass is 10.00. The Bertz CT molecular complexity index is 869. The molecule has 6 heteroatoms. The number of carbonyl (C=O) groups excluding carboxylic acids is 2. The normalized spacial score (nSPS) is 13.4. The first-order chi connectivity index (χ1) is 13.5. The van der Waals surface area contributed by atoms with Crippen molar-refractivity contribution in [1.82, 2.24) is 9.80 Å². The first kappa shape index (κ1) is 20.4. The molecule has 0 fully saturated rings. The fourth-order valence-electron chi connectivity index (χ4n) is 3.40. The maximum Gasteiger partial charge on any atom is 0.238 e. The van der Waals surface area contributed by atoms with E-state index in [-0.39, 0.29) is 24.9 Å². The monoisotopic (exact) mass is 399 g/mol. The minimum atomic E-state index is -0.149. The van der Waals surface area contributed by atoms with Crippen molar-refractivity contribution in [3.63, 3.8) is 0 Å². The Morgan fingerprint density at radius 3 is 2.64 bits per heavy atom. The number of benzene rings is 2. The lowest BCUT2D eigenvalue weighted by Gasteiger charge is -2.31. The Hall–Kier alpha value is -2.37. The van der Waals surface area contributed by atoms with Gasteiger partial charge in [0.1, 0.15) is 0 Å². The summed E-state index contributed by atoms with van der Waals surface area (Å²) in [4.78, 5) is 28.9. The molecule has 0 saturated heterocycles. The van der Waals surface area contributed by atoms with E-state index in [0.717, 1.165) is 18.5 Å². The summed E-state index contributed by atoms with van der Waals surface area (Å²) in [6.07, 6.45) is 0.878. The molecular formula is C22H26ClN3O2. The molecule has 0 radical (unpaired) electrons. The van der Waals surface area contributed by atoms with Crippen LogP contribution in [-0.4, -0.2) is 47.8 Å². The van der Waals surface area contributed by atoms with Gasteiger partial charge in [-0.25, -0.2) is 0 Å². The molecule has 0 aromatic heterocycles. The molecular weight excluding hydrogens is 374 g/mol. The van der Waals surface area contributed by atoms with E-state index in [9.17, 15) is 9.59 Å². The highest BCUT2D eigenvalue weighted by molar-refractivity contribution is 6.31. The molecule has 0 bridgehead atoms. The zero-order valence-electron chi connectivity index (χ0n) is 16.4. The average molecular weight is 400 g/mol. The van der Waals surface area contributed by atoms with Gasteiger partial charge in [0.05, 0.1) is 13.1 Å². The van der Waals surface area contributed by atoms with E-state index in [1.165, 1.54) is 11.1 Å². The van der Waals surface area contributed by atoms with Crippen LogP contribution in [0.1, 0.15) is 23.6 Å². The minimum absolute atomic E-state index is 0.0584. The van der Waals surface area contributed by atoms with Gasteiger partial charge < -0.3 is 10.2 Å². The Morgan fingerprint density at radius 2 is 1.89 bits per heavy atom. The van der Waals surface area contributed by atoms with Crippen molar-refractivity contribution >= 4 is 29.1 Å². The summed E-state index contributed by atoms with van der Waals surface area (Å²) >= 11 is 6.01. The third-order valence-corrected chi connectivity index (χ3v) is 5.37. The van der Waals surface area contributed by atoms with Gasteiger partial charge in [0, 0.05) is 23.8 Å². The SMILES string of the molecule is CCN(CC(=O)Nc1cc(Cl)ccc1C)CC(=O)N1CCc2ccccc2C1. The molecule has 0 unspecified atom stereocenters. The number of aryl methyl sites for hydroxylation is 1. The van der Waals surface area contributed by atoms with Crippen molar-refractivity contribution in [2.24, 2.45) is 0 Å². The number of amides is 2. The molecule has 28 heavy (non-hydrogen) atoms. The van der Waals surface area contributed by atoms with Gasteiger partial charge in [-0.05, 0) is 48.7 Å². The molecule has 1 aliphatic heterocycles. The van der Waals surface area contributed by atoms with Crippen molar-refractivity contribution in [3.05, 3.63) is 64.2 Å². The number of rotatable bonds is 6. The molecule has 3 rings (SSSR count). The average Bonchev–Trinajstić information content (AvgIpc) is 2.69. The number of anilines is 1. The maximum atomic E-state index is 12.8. The maximum absolute atomic E-state index is 12.8. The van der Waals surface area contributed by atoms with E-state index in [1.807, 2.05) is 41.8 Å². The highest BCUT2D eigenvalue weighted by atomic mass is 35.5. The largest absolute Gasteiger partial charge is 0.337 e. The zero-order chi connectivity index (χ0) is 20.1. The number of fused-ring (bicyclic) bond motifs is 1. The molecule has 148 valence electrons. The molecule has 0 spiro atoms. The highest BCUT2D eigenvalue weighted by Crippen LogP contribution is 2.20. The Kier molecular flexibility index (Phi) is 6.70. The number of likely N-dealkylation sites (N-methyl/N-ethyl adjacent to an activating group) is 1. The molecule has 1 N–H and O–H groups in total. The van der Waals surface area contributed by atoms with Crippen LogP contribution in [0.4, 0.5) is 5.69 Å². The van der Waals surface area contributed by atoms with E-state index < -0.39 is 0 Å². The summed E-state index contributed by atoms with van der Waals surface area (Å²) in [7, 11) is 0. The summed E-state index contributed by atoms with van der Waals surface area (Å²) in [6, 6.07) is 13.6. The third-order valence-electron chi connectivity index (χ3n) is 5.13. The second-order valence-corrected chi connectivity index (χ2v) is 7.58. The lowest BCUT2D eigenvalue weighted by Crippen LogP contribution is -2.44. The van der Waals surface area contributed by atoms with Gasteiger partial charge in [-0.15, -0.1) is 0 Å². The van der Waals surface area contributed by atoms with Gasteiger partial charge in [-0.3, -0.25) is 14.5 Å². The quantitative estimate of drug-likeness (QED) is 0.808. The van der Waals surface area contributed by atoms with Gasteiger partial charge in [-0.1, -0.05) is 48.9 Å². The van der Waals surface area contributed by atoms with E-state index in [0.29, 0.717) is 23.8 Å². The topological polar surface area (TPSA) is 52.7 Å². The molecule has 2 aromatic carbocycles. The number of halogens is 1. The summed E-state index contributed by atoms with van der Waals surface area (Å²) in [5, 5.41) is 3.47. The van der Waals surface area contributed by atoms with Crippen LogP contribution in [0.5, 0.6) is 0 Å². The van der Waals surface area contributed by atoms with Crippen LogP contribution < -0.4 is 5.32 Å². The fraction of sp³-hybridized carbons (Fsp3) is 0.364. The predicted octanol–water partition coefficient (Wildman–Crippen LogP) is 3.49. The fourth-order valence-corrected chi connectivity index (χ4v) is 3.57. The number of hydrogen-bond donors (Lipinski definition) is 1. The molecule has 0 aliphatic carbocycles. The standard InChI is InChI=1S/C22H26ClN3O2/c1-3-25(14-21(27)24-20-12-19(23)9-8-16(20)2)15-22(28)26-11-10-17-6-4-5-7-18(17)13-26/h4-9,12H,3,10-11,13-15H2,1-2H3,(H,24,27). The van der Waals surface area contributed by atoms with Crippen LogP contribution >= 0.6 is 11.6 Å². The van der Waals surface area contributed by atoms with Crippen molar-refractivity contribution in [1.29, 1.82) is 0 Å². The first-order valence-electron chi connectivity index (χ1n) is 9.59. The van der Waals surface area contributed by atoms with Crippen LogP contribution in [0.3, 0.4) is 0 Å². The molecule has 2 amide bonds. The Balaban J connectivity index is 1.56. The minimum Gasteiger partial charge on any atom is -0.337 e. The highest BCUT2D eigenvalue weighted by Gasteiger charge is 2.22. The third kappa shape index (κ3) is 5.12. The summed E-state index contributed by atoms with van der Waals surface area (Å²) < 4.78 is 0. The second kappa shape index (κ2) is 9.22. The number of carbonyl (C=O) groups is 2. The molecule has 1 heterocycles. The summed E-state index contributed by atoms with van der Waals surface area (Å²) in [5.41, 5.74) is 4.17. The van der Waals surface area contributed by atoms with Gasteiger partial charge in [0.25, 0.3) is 0 Å². The Labute approximate surface area is 171 Å². The molecule has 0 saturated carbocycles. The molecule has 5 nitrogen and oxygen atoms in total. The van der Waals surface area contributed by atoms with Crippen LogP contribution in [0.25, 0.3) is 0 Å². The zero-order valence-corrected chi connectivity index (χ0v) is 17.1. The van der Waals surface area contributed by atoms with E-state index in [2.05, 4.69) is 17.4 Å². The number of hydrogen-bond acceptors (Lipinski definition) is 3. The van der Waals surface area contributed by atoms with Crippen LogP contribution in [0.15, 0.2) is 42.5 Å². The van der Waals surface area contributed by atoms with E-state index >= 15 is 0 Å². The van der Waals surface area contributed by atoms with Crippen LogP contribution in [-0.2, 0) is 22.6 Å². The lowest BCUT2D eigenvalue weighted by molar-refractivity contribution is -0.133. The van der Waals surface area contributed by atoms with E-state index in [4.69, 9.17) is 11.6 Å².